The SMILES string of the molecule is CN(C1CCCC1)S(=O)(=O)c1cccc(CCl)c1. The zero-order valence-corrected chi connectivity index (χ0v) is 12.0. The first-order valence-electron chi connectivity index (χ1n) is 6.18. The summed E-state index contributed by atoms with van der Waals surface area (Å²) < 4.78 is 26.5. The molecule has 0 amide bonds. The van der Waals surface area contributed by atoms with Gasteiger partial charge < -0.3 is 0 Å². The summed E-state index contributed by atoms with van der Waals surface area (Å²) in [7, 11) is -1.70. The van der Waals surface area contributed by atoms with Crippen LogP contribution in [0.25, 0.3) is 0 Å². The molecule has 1 aliphatic carbocycles. The highest BCUT2D eigenvalue weighted by Gasteiger charge is 2.29. The average molecular weight is 288 g/mol. The number of halogens is 1. The molecule has 5 heteroatoms. The molecule has 1 fully saturated rings. The summed E-state index contributed by atoms with van der Waals surface area (Å²) in [5, 5.41) is 0. The van der Waals surface area contributed by atoms with Crippen molar-refractivity contribution < 1.29 is 8.42 Å². The number of hydrogen-bond acceptors (Lipinski definition) is 2. The molecular weight excluding hydrogens is 270 g/mol. The van der Waals surface area contributed by atoms with Crippen LogP contribution in [0.5, 0.6) is 0 Å². The third-order valence-corrected chi connectivity index (χ3v) is 5.78. The number of hydrogen-bond donors (Lipinski definition) is 0. The first kappa shape index (κ1) is 13.8. The number of rotatable bonds is 4. The number of sulfonamides is 1. The van der Waals surface area contributed by atoms with Crippen LogP contribution in [0.15, 0.2) is 29.2 Å². The Labute approximate surface area is 114 Å². The van der Waals surface area contributed by atoms with Gasteiger partial charge in [0.25, 0.3) is 0 Å². The quantitative estimate of drug-likeness (QED) is 0.799. The second-order valence-electron chi connectivity index (χ2n) is 4.74. The van der Waals surface area contributed by atoms with Crippen LogP contribution >= 0.6 is 11.6 Å². The number of benzene rings is 1. The fraction of sp³-hybridized carbons (Fsp3) is 0.538. The molecule has 3 nitrogen and oxygen atoms in total. The summed E-state index contributed by atoms with van der Waals surface area (Å²) >= 11 is 5.75. The monoisotopic (exact) mass is 287 g/mol. The minimum atomic E-state index is -3.38. The van der Waals surface area contributed by atoms with E-state index in [1.807, 2.05) is 6.07 Å². The lowest BCUT2D eigenvalue weighted by Crippen LogP contribution is -2.35. The molecule has 0 bridgehead atoms. The van der Waals surface area contributed by atoms with Crippen LogP contribution in [0, 0.1) is 0 Å². The smallest absolute Gasteiger partial charge is 0.207 e. The van der Waals surface area contributed by atoms with Crippen molar-refractivity contribution in [1.82, 2.24) is 4.31 Å². The molecule has 0 aliphatic heterocycles. The molecule has 0 saturated heterocycles. The maximum absolute atomic E-state index is 12.5. The zero-order valence-electron chi connectivity index (χ0n) is 10.5. The second kappa shape index (κ2) is 5.59. The van der Waals surface area contributed by atoms with Crippen molar-refractivity contribution in [3.05, 3.63) is 29.8 Å². The van der Waals surface area contributed by atoms with Crippen molar-refractivity contribution in [2.75, 3.05) is 7.05 Å². The summed E-state index contributed by atoms with van der Waals surface area (Å²) in [5.41, 5.74) is 0.831. The molecule has 0 N–H and O–H groups in total. The van der Waals surface area contributed by atoms with E-state index in [4.69, 9.17) is 11.6 Å². The van der Waals surface area contributed by atoms with Crippen LogP contribution in [-0.2, 0) is 15.9 Å². The van der Waals surface area contributed by atoms with Gasteiger partial charge in [-0.15, -0.1) is 11.6 Å². The molecule has 1 aromatic rings. The summed E-state index contributed by atoms with van der Waals surface area (Å²) in [6.45, 7) is 0. The fourth-order valence-corrected chi connectivity index (χ4v) is 4.07. The Morgan fingerprint density at radius 1 is 1.33 bits per heavy atom. The molecule has 0 heterocycles. The minimum Gasteiger partial charge on any atom is -0.207 e. The van der Waals surface area contributed by atoms with Crippen LogP contribution in [0.1, 0.15) is 31.2 Å². The Bertz CT molecular complexity index is 509. The van der Waals surface area contributed by atoms with E-state index in [9.17, 15) is 8.42 Å². The van der Waals surface area contributed by atoms with E-state index < -0.39 is 10.0 Å². The van der Waals surface area contributed by atoms with Gasteiger partial charge in [-0.2, -0.15) is 4.31 Å². The lowest BCUT2D eigenvalue weighted by atomic mass is 10.2. The molecule has 0 radical (unpaired) electrons. The predicted octanol–water partition coefficient (Wildman–Crippen LogP) is 2.99. The van der Waals surface area contributed by atoms with Crippen molar-refractivity contribution in [3.8, 4) is 0 Å². The van der Waals surface area contributed by atoms with Crippen LogP contribution in [0.3, 0.4) is 0 Å². The molecule has 0 atom stereocenters. The summed E-state index contributed by atoms with van der Waals surface area (Å²) in [5.74, 6) is 0.330. The normalized spacial score (nSPS) is 17.5. The largest absolute Gasteiger partial charge is 0.243 e. The molecule has 0 spiro atoms. The third kappa shape index (κ3) is 2.71. The molecule has 0 aromatic heterocycles. The van der Waals surface area contributed by atoms with Crippen LogP contribution < -0.4 is 0 Å². The fourth-order valence-electron chi connectivity index (χ4n) is 2.42. The van der Waals surface area contributed by atoms with Gasteiger partial charge in [0.1, 0.15) is 0 Å². The van der Waals surface area contributed by atoms with Gasteiger partial charge in [-0.25, -0.2) is 8.42 Å². The topological polar surface area (TPSA) is 37.4 Å². The summed E-state index contributed by atoms with van der Waals surface area (Å²) in [4.78, 5) is 0.343. The van der Waals surface area contributed by atoms with Gasteiger partial charge in [-0.1, -0.05) is 25.0 Å². The maximum Gasteiger partial charge on any atom is 0.243 e. The first-order chi connectivity index (χ1) is 8.55. The molecule has 18 heavy (non-hydrogen) atoms. The van der Waals surface area contributed by atoms with Crippen molar-refractivity contribution in [1.29, 1.82) is 0 Å². The molecule has 0 unspecified atom stereocenters. The van der Waals surface area contributed by atoms with E-state index >= 15 is 0 Å². The van der Waals surface area contributed by atoms with E-state index in [0.717, 1.165) is 31.2 Å². The molecule has 100 valence electrons. The van der Waals surface area contributed by atoms with Crippen molar-refractivity contribution >= 4 is 21.6 Å². The van der Waals surface area contributed by atoms with Gasteiger partial charge in [0, 0.05) is 19.0 Å². The second-order valence-corrected chi connectivity index (χ2v) is 7.01. The minimum absolute atomic E-state index is 0.148. The van der Waals surface area contributed by atoms with E-state index in [2.05, 4.69) is 0 Å². The van der Waals surface area contributed by atoms with Gasteiger partial charge >= 0.3 is 0 Å². The van der Waals surface area contributed by atoms with Gasteiger partial charge in [-0.05, 0) is 30.5 Å². The summed E-state index contributed by atoms with van der Waals surface area (Å²) in [6, 6.07) is 7.02. The number of nitrogens with zero attached hydrogens (tertiary/aromatic N) is 1. The Morgan fingerprint density at radius 3 is 2.61 bits per heavy atom. The van der Waals surface area contributed by atoms with Gasteiger partial charge in [0.2, 0.25) is 10.0 Å². The summed E-state index contributed by atoms with van der Waals surface area (Å²) in [6.07, 6.45) is 4.16. The highest BCUT2D eigenvalue weighted by molar-refractivity contribution is 7.89. The molecule has 1 aliphatic rings. The van der Waals surface area contributed by atoms with Gasteiger partial charge in [-0.3, -0.25) is 0 Å². The highest BCUT2D eigenvalue weighted by atomic mass is 35.5. The third-order valence-electron chi connectivity index (χ3n) is 3.57. The van der Waals surface area contributed by atoms with Crippen molar-refractivity contribution in [2.24, 2.45) is 0 Å². The zero-order chi connectivity index (χ0) is 13.2. The molecule has 2 rings (SSSR count). The van der Waals surface area contributed by atoms with Crippen LogP contribution in [0.4, 0.5) is 0 Å². The number of alkyl halides is 1. The van der Waals surface area contributed by atoms with Crippen LogP contribution in [-0.4, -0.2) is 25.8 Å². The van der Waals surface area contributed by atoms with E-state index in [1.165, 1.54) is 4.31 Å². The standard InChI is InChI=1S/C13H18ClNO2S/c1-15(12-6-2-3-7-12)18(16,17)13-8-4-5-11(9-13)10-14/h4-5,8-9,12H,2-3,6-7,10H2,1H3. The Hall–Kier alpha value is -0.580. The lowest BCUT2D eigenvalue weighted by Gasteiger charge is -2.23. The highest BCUT2D eigenvalue weighted by Crippen LogP contribution is 2.27. The Balaban J connectivity index is 2.28. The van der Waals surface area contributed by atoms with Gasteiger partial charge in [0.15, 0.2) is 0 Å². The lowest BCUT2D eigenvalue weighted by molar-refractivity contribution is 0.373. The Kier molecular flexibility index (Phi) is 4.30. The average Bonchev–Trinajstić information content (AvgIpc) is 2.91. The maximum atomic E-state index is 12.5. The molecule has 1 saturated carbocycles. The van der Waals surface area contributed by atoms with E-state index in [0.29, 0.717) is 10.8 Å². The van der Waals surface area contributed by atoms with Gasteiger partial charge in [0.05, 0.1) is 4.90 Å². The van der Waals surface area contributed by atoms with E-state index in [-0.39, 0.29) is 6.04 Å². The molecular formula is C13H18ClNO2S. The van der Waals surface area contributed by atoms with Crippen LogP contribution in [0.2, 0.25) is 0 Å². The van der Waals surface area contributed by atoms with E-state index in [1.54, 1.807) is 25.2 Å². The van der Waals surface area contributed by atoms with Crippen molar-refractivity contribution in [2.45, 2.75) is 42.5 Å². The van der Waals surface area contributed by atoms with Crippen molar-refractivity contribution in [3.63, 3.8) is 0 Å². The predicted molar refractivity (Wildman–Crippen MR) is 73.2 cm³/mol. The first-order valence-corrected chi connectivity index (χ1v) is 8.16. The molecule has 1 aromatic carbocycles. The Morgan fingerprint density at radius 2 is 2.00 bits per heavy atom.